The van der Waals surface area contributed by atoms with Crippen molar-refractivity contribution in [2.24, 2.45) is 0 Å². The molecule has 2 rings (SSSR count). The second-order valence-electron chi connectivity index (χ2n) is 4.28. The van der Waals surface area contributed by atoms with E-state index in [1.165, 1.54) is 22.5 Å². The van der Waals surface area contributed by atoms with Crippen LogP contribution in [0, 0.1) is 18.3 Å². The van der Waals surface area contributed by atoms with Gasteiger partial charge >= 0.3 is 0 Å². The predicted octanol–water partition coefficient (Wildman–Crippen LogP) is 3.81. The van der Waals surface area contributed by atoms with Crippen LogP contribution in [0.1, 0.15) is 30.3 Å². The summed E-state index contributed by atoms with van der Waals surface area (Å²) in [6.07, 6.45) is 2.19. The first-order valence-electron chi connectivity index (χ1n) is 5.93. The molecule has 2 heteroatoms. The number of benzene rings is 1. The Hall–Kier alpha value is -2.01. The van der Waals surface area contributed by atoms with Crippen molar-refractivity contribution in [3.05, 3.63) is 47.3 Å². The van der Waals surface area contributed by atoms with Gasteiger partial charge in [-0.15, -0.1) is 0 Å². The number of nitrogens with one attached hydrogen (secondary N) is 1. The molecule has 0 aliphatic rings. The van der Waals surface area contributed by atoms with Gasteiger partial charge in [-0.05, 0) is 37.1 Å². The molecule has 2 nitrogen and oxygen atoms in total. The smallest absolute Gasteiger partial charge is 0.0991 e. The van der Waals surface area contributed by atoms with Gasteiger partial charge in [0.2, 0.25) is 0 Å². The molecule has 1 N–H and O–H groups in total. The van der Waals surface area contributed by atoms with Crippen molar-refractivity contribution < 1.29 is 0 Å². The lowest BCUT2D eigenvalue weighted by Gasteiger charge is -2.03. The Morgan fingerprint density at radius 2 is 1.94 bits per heavy atom. The fraction of sp³-hybridized carbons (Fsp3) is 0.267. The van der Waals surface area contributed by atoms with Gasteiger partial charge in [0.15, 0.2) is 0 Å². The van der Waals surface area contributed by atoms with Gasteiger partial charge in [-0.1, -0.05) is 25.5 Å². The summed E-state index contributed by atoms with van der Waals surface area (Å²) < 4.78 is 0. The fourth-order valence-electron chi connectivity index (χ4n) is 2.07. The number of aromatic nitrogens is 1. The maximum absolute atomic E-state index is 8.79. The lowest BCUT2D eigenvalue weighted by atomic mass is 10.0. The van der Waals surface area contributed by atoms with Crippen LogP contribution in [-0.4, -0.2) is 4.98 Å². The third-order valence-electron chi connectivity index (χ3n) is 2.86. The summed E-state index contributed by atoms with van der Waals surface area (Å²) in [5.74, 6) is 0. The zero-order chi connectivity index (χ0) is 12.3. The Bertz CT molecular complexity index is 541. The van der Waals surface area contributed by atoms with E-state index in [0.717, 1.165) is 12.8 Å². The molecule has 0 aliphatic carbocycles. The molecule has 2 aromatic rings. The standard InChI is InChI=1S/C15H16N2/c1-3-4-15-14(9-11(2)17-15)13-7-5-12(10-16)6-8-13/h5-9,17H,3-4H2,1-2H3. The van der Waals surface area contributed by atoms with E-state index in [-0.39, 0.29) is 0 Å². The topological polar surface area (TPSA) is 39.6 Å². The minimum absolute atomic E-state index is 0.707. The Morgan fingerprint density at radius 1 is 1.24 bits per heavy atom. The Labute approximate surface area is 102 Å². The molecule has 0 atom stereocenters. The first-order chi connectivity index (χ1) is 8.24. The van der Waals surface area contributed by atoms with Gasteiger partial charge in [0.25, 0.3) is 0 Å². The van der Waals surface area contributed by atoms with Gasteiger partial charge < -0.3 is 4.98 Å². The van der Waals surface area contributed by atoms with Crippen LogP contribution in [0.3, 0.4) is 0 Å². The highest BCUT2D eigenvalue weighted by Gasteiger charge is 2.07. The molecule has 17 heavy (non-hydrogen) atoms. The van der Waals surface area contributed by atoms with Crippen LogP contribution in [0.5, 0.6) is 0 Å². The lowest BCUT2D eigenvalue weighted by Crippen LogP contribution is -1.87. The van der Waals surface area contributed by atoms with Crippen LogP contribution in [0.4, 0.5) is 0 Å². The van der Waals surface area contributed by atoms with Crippen LogP contribution < -0.4 is 0 Å². The number of nitriles is 1. The Balaban J connectivity index is 2.41. The molecule has 0 amide bonds. The van der Waals surface area contributed by atoms with Gasteiger partial charge in [-0.2, -0.15) is 5.26 Å². The third kappa shape index (κ3) is 2.39. The Kier molecular flexibility index (Phi) is 3.30. The maximum atomic E-state index is 8.79. The average Bonchev–Trinajstić information content (AvgIpc) is 2.71. The van der Waals surface area contributed by atoms with E-state index in [4.69, 9.17) is 5.26 Å². The zero-order valence-electron chi connectivity index (χ0n) is 10.2. The van der Waals surface area contributed by atoms with Crippen molar-refractivity contribution >= 4 is 0 Å². The van der Waals surface area contributed by atoms with Crippen LogP contribution in [0.25, 0.3) is 11.1 Å². The van der Waals surface area contributed by atoms with Crippen molar-refractivity contribution in [1.82, 2.24) is 4.98 Å². The molecule has 0 aliphatic heterocycles. The molecular formula is C15H16N2. The first kappa shape index (κ1) is 11.5. The second kappa shape index (κ2) is 4.88. The fourth-order valence-corrected chi connectivity index (χ4v) is 2.07. The molecule has 0 spiro atoms. The van der Waals surface area contributed by atoms with E-state index in [1.807, 2.05) is 24.3 Å². The minimum atomic E-state index is 0.707. The van der Waals surface area contributed by atoms with Crippen molar-refractivity contribution in [2.45, 2.75) is 26.7 Å². The van der Waals surface area contributed by atoms with Crippen molar-refractivity contribution in [3.8, 4) is 17.2 Å². The van der Waals surface area contributed by atoms with E-state index in [0.29, 0.717) is 5.56 Å². The number of hydrogen-bond acceptors (Lipinski definition) is 1. The van der Waals surface area contributed by atoms with E-state index in [9.17, 15) is 0 Å². The monoisotopic (exact) mass is 224 g/mol. The summed E-state index contributed by atoms with van der Waals surface area (Å²) in [7, 11) is 0. The predicted molar refractivity (Wildman–Crippen MR) is 69.7 cm³/mol. The number of hydrogen-bond donors (Lipinski definition) is 1. The summed E-state index contributed by atoms with van der Waals surface area (Å²) in [5, 5.41) is 8.79. The van der Waals surface area contributed by atoms with E-state index >= 15 is 0 Å². The quantitative estimate of drug-likeness (QED) is 0.846. The van der Waals surface area contributed by atoms with Crippen LogP contribution in [0.2, 0.25) is 0 Å². The van der Waals surface area contributed by atoms with E-state index in [1.54, 1.807) is 0 Å². The molecule has 1 heterocycles. The summed E-state index contributed by atoms with van der Waals surface area (Å²) >= 11 is 0. The summed E-state index contributed by atoms with van der Waals surface area (Å²) in [6, 6.07) is 12.1. The number of nitrogens with zero attached hydrogens (tertiary/aromatic N) is 1. The molecular weight excluding hydrogens is 208 g/mol. The second-order valence-corrected chi connectivity index (χ2v) is 4.28. The van der Waals surface area contributed by atoms with Crippen molar-refractivity contribution in [2.75, 3.05) is 0 Å². The van der Waals surface area contributed by atoms with Gasteiger partial charge in [0, 0.05) is 17.0 Å². The molecule has 0 saturated carbocycles. The Morgan fingerprint density at radius 3 is 2.53 bits per heavy atom. The van der Waals surface area contributed by atoms with Crippen LogP contribution in [-0.2, 0) is 6.42 Å². The summed E-state index contributed by atoms with van der Waals surface area (Å²) in [5.41, 5.74) is 5.62. The van der Waals surface area contributed by atoms with Gasteiger partial charge in [-0.3, -0.25) is 0 Å². The van der Waals surface area contributed by atoms with E-state index in [2.05, 4.69) is 31.0 Å². The first-order valence-corrected chi connectivity index (χ1v) is 5.93. The number of H-pyrrole nitrogens is 1. The molecule has 0 bridgehead atoms. The number of aryl methyl sites for hydroxylation is 2. The highest BCUT2D eigenvalue weighted by atomic mass is 14.7. The maximum Gasteiger partial charge on any atom is 0.0991 e. The van der Waals surface area contributed by atoms with Crippen molar-refractivity contribution in [1.29, 1.82) is 5.26 Å². The SMILES string of the molecule is CCCc1[nH]c(C)cc1-c1ccc(C#N)cc1. The molecule has 0 saturated heterocycles. The lowest BCUT2D eigenvalue weighted by molar-refractivity contribution is 0.889. The summed E-state index contributed by atoms with van der Waals surface area (Å²) in [4.78, 5) is 3.41. The molecule has 0 unspecified atom stereocenters. The number of aromatic amines is 1. The van der Waals surface area contributed by atoms with Gasteiger partial charge in [-0.25, -0.2) is 0 Å². The summed E-state index contributed by atoms with van der Waals surface area (Å²) in [6.45, 7) is 4.26. The normalized spacial score (nSPS) is 10.2. The largest absolute Gasteiger partial charge is 0.362 e. The van der Waals surface area contributed by atoms with E-state index < -0.39 is 0 Å². The molecule has 1 aromatic carbocycles. The molecule has 0 fully saturated rings. The molecule has 1 aromatic heterocycles. The zero-order valence-corrected chi connectivity index (χ0v) is 10.2. The third-order valence-corrected chi connectivity index (χ3v) is 2.86. The highest BCUT2D eigenvalue weighted by molar-refractivity contribution is 5.67. The minimum Gasteiger partial charge on any atom is -0.362 e. The average molecular weight is 224 g/mol. The van der Waals surface area contributed by atoms with Crippen LogP contribution >= 0.6 is 0 Å². The van der Waals surface area contributed by atoms with Crippen molar-refractivity contribution in [3.63, 3.8) is 0 Å². The van der Waals surface area contributed by atoms with Crippen LogP contribution in [0.15, 0.2) is 30.3 Å². The molecule has 0 radical (unpaired) electrons. The molecule has 86 valence electrons. The number of rotatable bonds is 3. The van der Waals surface area contributed by atoms with Gasteiger partial charge in [0.1, 0.15) is 0 Å². The highest BCUT2D eigenvalue weighted by Crippen LogP contribution is 2.26. The van der Waals surface area contributed by atoms with Gasteiger partial charge in [0.05, 0.1) is 11.6 Å².